The maximum Gasteiger partial charge on any atom is 0.200 e. The molecule has 124 valence electrons. The fraction of sp³-hybridized carbons (Fsp3) is 0.143. The van der Waals surface area contributed by atoms with Gasteiger partial charge in [-0.2, -0.15) is 5.10 Å². The molecule has 3 nitrogen and oxygen atoms in total. The first-order chi connectivity index (χ1) is 12.0. The first-order valence-corrected chi connectivity index (χ1v) is 8.70. The number of fused-ring (bicyclic) bond motifs is 1. The summed E-state index contributed by atoms with van der Waals surface area (Å²) >= 11 is 5.56. The van der Waals surface area contributed by atoms with Gasteiger partial charge < -0.3 is 0 Å². The molecular weight excluding hydrogens is 326 g/mol. The van der Waals surface area contributed by atoms with Crippen LogP contribution in [-0.2, 0) is 0 Å². The number of benzene rings is 3. The number of nitrogens with one attached hydrogen (secondary N) is 1. The molecule has 4 heteroatoms. The van der Waals surface area contributed by atoms with Crippen molar-refractivity contribution in [3.8, 4) is 17.1 Å². The van der Waals surface area contributed by atoms with Gasteiger partial charge in [-0.1, -0.05) is 59.7 Å². The van der Waals surface area contributed by atoms with Crippen molar-refractivity contribution in [1.29, 1.82) is 0 Å². The Labute approximate surface area is 152 Å². The highest BCUT2D eigenvalue weighted by molar-refractivity contribution is 7.71. The maximum atomic E-state index is 5.56. The van der Waals surface area contributed by atoms with Crippen LogP contribution in [0.4, 0.5) is 0 Å². The second-order valence-corrected chi connectivity index (χ2v) is 6.89. The summed E-state index contributed by atoms with van der Waals surface area (Å²) in [7, 11) is 0. The van der Waals surface area contributed by atoms with Crippen molar-refractivity contribution in [1.82, 2.24) is 14.8 Å². The first kappa shape index (κ1) is 15.8. The summed E-state index contributed by atoms with van der Waals surface area (Å²) in [4.78, 5) is 0. The number of rotatable bonds is 2. The van der Waals surface area contributed by atoms with E-state index in [2.05, 4.69) is 85.6 Å². The van der Waals surface area contributed by atoms with E-state index in [0.29, 0.717) is 4.77 Å². The van der Waals surface area contributed by atoms with Crippen LogP contribution in [-0.4, -0.2) is 14.8 Å². The zero-order chi connectivity index (χ0) is 17.6. The maximum absolute atomic E-state index is 5.56. The van der Waals surface area contributed by atoms with Gasteiger partial charge in [0, 0.05) is 10.9 Å². The molecule has 0 aliphatic carbocycles. The normalized spacial score (nSPS) is 11.2. The molecule has 0 unspecified atom stereocenters. The molecule has 4 rings (SSSR count). The van der Waals surface area contributed by atoms with Crippen LogP contribution >= 0.6 is 12.2 Å². The molecule has 1 aromatic heterocycles. The molecule has 1 heterocycles. The van der Waals surface area contributed by atoms with Gasteiger partial charge in [-0.25, -0.2) is 0 Å². The van der Waals surface area contributed by atoms with Crippen LogP contribution in [0.2, 0.25) is 0 Å². The zero-order valence-corrected chi connectivity index (χ0v) is 15.3. The number of aryl methyl sites for hydroxylation is 3. The summed E-state index contributed by atoms with van der Waals surface area (Å²) in [6.45, 7) is 6.31. The Morgan fingerprint density at radius 1 is 0.920 bits per heavy atom. The van der Waals surface area contributed by atoms with Crippen LogP contribution in [0.3, 0.4) is 0 Å². The number of H-pyrrole nitrogens is 1. The van der Waals surface area contributed by atoms with E-state index in [-0.39, 0.29) is 0 Å². The van der Waals surface area contributed by atoms with Crippen molar-refractivity contribution >= 4 is 23.0 Å². The zero-order valence-electron chi connectivity index (χ0n) is 14.5. The third-order valence-electron chi connectivity index (χ3n) is 4.55. The van der Waals surface area contributed by atoms with Gasteiger partial charge in [0.05, 0.1) is 5.69 Å². The van der Waals surface area contributed by atoms with Crippen LogP contribution in [0.15, 0.2) is 54.6 Å². The molecule has 0 bridgehead atoms. The Hall–Kier alpha value is -2.72. The van der Waals surface area contributed by atoms with Gasteiger partial charge in [0.1, 0.15) is 0 Å². The van der Waals surface area contributed by atoms with E-state index in [9.17, 15) is 0 Å². The van der Waals surface area contributed by atoms with Gasteiger partial charge in [0.25, 0.3) is 0 Å². The Bertz CT molecular complexity index is 1150. The lowest BCUT2D eigenvalue weighted by atomic mass is 10.0. The first-order valence-electron chi connectivity index (χ1n) is 8.29. The van der Waals surface area contributed by atoms with E-state index >= 15 is 0 Å². The predicted molar refractivity (Wildman–Crippen MR) is 106 cm³/mol. The fourth-order valence-corrected chi connectivity index (χ4v) is 3.58. The van der Waals surface area contributed by atoms with Crippen LogP contribution in [0, 0.1) is 25.5 Å². The number of hydrogen-bond donors (Lipinski definition) is 1. The standard InChI is InChI=1S/C21H19N3S/c1-13-7-9-17(15(3)11-13)20-22-23-21(25)24(20)19-6-4-5-16-12-14(2)8-10-18(16)19/h4-12H,1-3H3,(H,23,25). The summed E-state index contributed by atoms with van der Waals surface area (Å²) in [5.41, 5.74) is 5.80. The summed E-state index contributed by atoms with van der Waals surface area (Å²) in [6.07, 6.45) is 0. The SMILES string of the molecule is Cc1ccc(-c2n[nH]c(=S)n2-c2cccc3cc(C)ccc23)c(C)c1. The molecule has 0 aliphatic rings. The smallest absolute Gasteiger partial charge is 0.200 e. The van der Waals surface area contributed by atoms with E-state index in [0.717, 1.165) is 22.5 Å². The summed E-state index contributed by atoms with van der Waals surface area (Å²) < 4.78 is 2.63. The third-order valence-corrected chi connectivity index (χ3v) is 4.82. The van der Waals surface area contributed by atoms with Crippen molar-refractivity contribution in [2.24, 2.45) is 0 Å². The van der Waals surface area contributed by atoms with Gasteiger partial charge in [-0.15, -0.1) is 0 Å². The van der Waals surface area contributed by atoms with Gasteiger partial charge in [-0.3, -0.25) is 9.67 Å². The molecular formula is C21H19N3S. The van der Waals surface area contributed by atoms with E-state index in [1.807, 2.05) is 4.57 Å². The Kier molecular flexibility index (Phi) is 3.77. The Morgan fingerprint density at radius 3 is 2.48 bits per heavy atom. The van der Waals surface area contributed by atoms with Gasteiger partial charge in [-0.05, 0) is 50.0 Å². The van der Waals surface area contributed by atoms with Crippen LogP contribution in [0.1, 0.15) is 16.7 Å². The minimum atomic E-state index is 0.600. The Balaban J connectivity index is 2.02. The molecule has 3 aromatic carbocycles. The molecule has 0 saturated heterocycles. The molecule has 0 saturated carbocycles. The predicted octanol–water partition coefficient (Wildman–Crippen LogP) is 5.68. The van der Waals surface area contributed by atoms with Crippen molar-refractivity contribution in [3.63, 3.8) is 0 Å². The molecule has 1 N–H and O–H groups in total. The number of aromatic amines is 1. The minimum absolute atomic E-state index is 0.600. The largest absolute Gasteiger partial charge is 0.268 e. The monoisotopic (exact) mass is 345 g/mol. The molecule has 0 radical (unpaired) electrons. The number of nitrogens with zero attached hydrogens (tertiary/aromatic N) is 2. The highest BCUT2D eigenvalue weighted by Crippen LogP contribution is 2.29. The van der Waals surface area contributed by atoms with E-state index in [1.54, 1.807) is 0 Å². The highest BCUT2D eigenvalue weighted by atomic mass is 32.1. The summed E-state index contributed by atoms with van der Waals surface area (Å²) in [5, 5.41) is 9.86. The van der Waals surface area contributed by atoms with Crippen LogP contribution in [0.5, 0.6) is 0 Å². The molecule has 0 amide bonds. The van der Waals surface area contributed by atoms with Crippen LogP contribution < -0.4 is 0 Å². The second kappa shape index (κ2) is 5.97. The van der Waals surface area contributed by atoms with Crippen molar-refractivity contribution < 1.29 is 0 Å². The van der Waals surface area contributed by atoms with Gasteiger partial charge in [0.15, 0.2) is 10.6 Å². The van der Waals surface area contributed by atoms with Crippen molar-refractivity contribution in [2.75, 3.05) is 0 Å². The summed E-state index contributed by atoms with van der Waals surface area (Å²) in [5.74, 6) is 0.843. The fourth-order valence-electron chi connectivity index (χ4n) is 3.35. The topological polar surface area (TPSA) is 33.6 Å². The lowest BCUT2D eigenvalue weighted by Gasteiger charge is -2.12. The number of hydrogen-bond acceptors (Lipinski definition) is 2. The summed E-state index contributed by atoms with van der Waals surface area (Å²) in [6, 6.07) is 19.2. The lowest BCUT2D eigenvalue weighted by Crippen LogP contribution is -2.00. The van der Waals surface area contributed by atoms with Crippen molar-refractivity contribution in [3.05, 3.63) is 76.1 Å². The lowest BCUT2D eigenvalue weighted by molar-refractivity contribution is 1.04. The quantitative estimate of drug-likeness (QED) is 0.475. The Morgan fingerprint density at radius 2 is 1.68 bits per heavy atom. The molecule has 0 spiro atoms. The molecule has 0 fully saturated rings. The minimum Gasteiger partial charge on any atom is -0.268 e. The van der Waals surface area contributed by atoms with E-state index in [1.165, 1.54) is 22.1 Å². The molecule has 25 heavy (non-hydrogen) atoms. The number of aromatic nitrogens is 3. The molecule has 4 aromatic rings. The molecule has 0 atom stereocenters. The van der Waals surface area contributed by atoms with Gasteiger partial charge in [0.2, 0.25) is 0 Å². The van der Waals surface area contributed by atoms with E-state index < -0.39 is 0 Å². The van der Waals surface area contributed by atoms with Gasteiger partial charge >= 0.3 is 0 Å². The van der Waals surface area contributed by atoms with Crippen LogP contribution in [0.25, 0.3) is 27.8 Å². The second-order valence-electron chi connectivity index (χ2n) is 6.51. The average molecular weight is 345 g/mol. The molecule has 0 aliphatic heterocycles. The highest BCUT2D eigenvalue weighted by Gasteiger charge is 2.14. The van der Waals surface area contributed by atoms with E-state index in [4.69, 9.17) is 12.2 Å². The average Bonchev–Trinajstić information content (AvgIpc) is 2.95. The van der Waals surface area contributed by atoms with Crippen molar-refractivity contribution in [2.45, 2.75) is 20.8 Å². The third kappa shape index (κ3) is 2.68.